The number of aryl methyl sites for hydroxylation is 2. The highest BCUT2D eigenvalue weighted by atomic mass is 32.1. The number of carbonyl (C=O) groups is 1. The summed E-state index contributed by atoms with van der Waals surface area (Å²) in [5.41, 5.74) is 1.04. The molecule has 4 rings (SSSR count). The van der Waals surface area contributed by atoms with Crippen molar-refractivity contribution in [1.82, 2.24) is 14.5 Å². The molecule has 0 bridgehead atoms. The van der Waals surface area contributed by atoms with Gasteiger partial charge in [0.1, 0.15) is 22.9 Å². The Kier molecular flexibility index (Phi) is 4.63. The topological polar surface area (TPSA) is 68.3 Å². The van der Waals surface area contributed by atoms with Crippen LogP contribution in [0.2, 0.25) is 0 Å². The molecular formula is C20H23N3O3S. The zero-order chi connectivity index (χ0) is 19.1. The van der Waals surface area contributed by atoms with Crippen LogP contribution >= 0.6 is 11.3 Å². The van der Waals surface area contributed by atoms with Gasteiger partial charge in [0, 0.05) is 11.9 Å². The molecule has 0 unspecified atom stereocenters. The quantitative estimate of drug-likeness (QED) is 0.692. The Morgan fingerprint density at radius 3 is 3.00 bits per heavy atom. The van der Waals surface area contributed by atoms with Gasteiger partial charge in [-0.3, -0.25) is 14.2 Å². The second-order valence-electron chi connectivity index (χ2n) is 7.47. The third kappa shape index (κ3) is 3.43. The van der Waals surface area contributed by atoms with E-state index < -0.39 is 0 Å². The van der Waals surface area contributed by atoms with Crippen molar-refractivity contribution in [3.63, 3.8) is 0 Å². The average Bonchev–Trinajstić information content (AvgIpc) is 3.20. The van der Waals surface area contributed by atoms with Crippen molar-refractivity contribution in [2.45, 2.75) is 46.2 Å². The van der Waals surface area contributed by atoms with Crippen LogP contribution in [0.15, 0.2) is 27.7 Å². The fourth-order valence-electron chi connectivity index (χ4n) is 3.64. The Morgan fingerprint density at radius 2 is 2.26 bits per heavy atom. The van der Waals surface area contributed by atoms with Crippen molar-refractivity contribution >= 4 is 27.5 Å². The van der Waals surface area contributed by atoms with Crippen LogP contribution in [0.4, 0.5) is 0 Å². The van der Waals surface area contributed by atoms with E-state index in [1.165, 1.54) is 15.8 Å². The van der Waals surface area contributed by atoms with Crippen LogP contribution in [0.1, 0.15) is 35.3 Å². The van der Waals surface area contributed by atoms with Gasteiger partial charge in [0.05, 0.1) is 18.3 Å². The molecule has 3 heterocycles. The van der Waals surface area contributed by atoms with Crippen LogP contribution in [0.5, 0.6) is 0 Å². The highest BCUT2D eigenvalue weighted by Gasteiger charge is 2.23. The van der Waals surface area contributed by atoms with Gasteiger partial charge in [0.25, 0.3) is 5.56 Å². The van der Waals surface area contributed by atoms with Crippen LogP contribution in [0.3, 0.4) is 0 Å². The summed E-state index contributed by atoms with van der Waals surface area (Å²) in [7, 11) is 1.71. The monoisotopic (exact) mass is 385 g/mol. The molecule has 0 spiro atoms. The first-order chi connectivity index (χ1) is 12.9. The molecule has 0 aromatic carbocycles. The molecule has 0 fully saturated rings. The lowest BCUT2D eigenvalue weighted by atomic mass is 9.89. The molecule has 27 heavy (non-hydrogen) atoms. The lowest BCUT2D eigenvalue weighted by molar-refractivity contribution is -0.131. The van der Waals surface area contributed by atoms with E-state index in [9.17, 15) is 9.59 Å². The van der Waals surface area contributed by atoms with Crippen molar-refractivity contribution < 1.29 is 9.21 Å². The second-order valence-corrected chi connectivity index (χ2v) is 8.56. The van der Waals surface area contributed by atoms with E-state index in [4.69, 9.17) is 4.42 Å². The Labute approximate surface area is 161 Å². The molecule has 3 aromatic heterocycles. The SMILES string of the molecule is Cc1ccc(CN(C)C(=O)Cn2cnc3sc4c(c3c2=O)CC[C@@H](C)C4)o1. The van der Waals surface area contributed by atoms with Crippen LogP contribution < -0.4 is 5.56 Å². The number of rotatable bonds is 4. The summed E-state index contributed by atoms with van der Waals surface area (Å²) in [6.45, 7) is 4.48. The van der Waals surface area contributed by atoms with Crippen molar-refractivity contribution in [3.05, 3.63) is 50.8 Å². The second kappa shape index (κ2) is 6.96. The predicted molar refractivity (Wildman–Crippen MR) is 105 cm³/mol. The summed E-state index contributed by atoms with van der Waals surface area (Å²) >= 11 is 1.62. The molecule has 0 aliphatic heterocycles. The molecule has 0 saturated carbocycles. The standard InChI is InChI=1S/C20H23N3O3S/c1-12-4-7-15-16(8-12)27-19-18(15)20(25)23(11-21-19)10-17(24)22(3)9-14-6-5-13(2)26-14/h5-6,11-12H,4,7-10H2,1-3H3/t12-/m1/s1. The number of hydrogen-bond donors (Lipinski definition) is 0. The number of hydrogen-bond acceptors (Lipinski definition) is 5. The Hall–Kier alpha value is -2.41. The maximum absolute atomic E-state index is 13.0. The van der Waals surface area contributed by atoms with Crippen LogP contribution in [-0.4, -0.2) is 27.4 Å². The van der Waals surface area contributed by atoms with Gasteiger partial charge in [0.15, 0.2) is 0 Å². The van der Waals surface area contributed by atoms with Gasteiger partial charge in [-0.2, -0.15) is 0 Å². The molecular weight excluding hydrogens is 362 g/mol. The normalized spacial score (nSPS) is 16.5. The zero-order valence-electron chi connectivity index (χ0n) is 15.8. The molecule has 0 saturated heterocycles. The Bertz CT molecular complexity index is 1060. The predicted octanol–water partition coefficient (Wildman–Crippen LogP) is 3.14. The minimum absolute atomic E-state index is 0.0149. The number of thiophene rings is 1. The van der Waals surface area contributed by atoms with Crippen molar-refractivity contribution in [3.8, 4) is 0 Å². The molecule has 3 aromatic rings. The van der Waals surface area contributed by atoms with Crippen LogP contribution in [-0.2, 0) is 30.7 Å². The Morgan fingerprint density at radius 1 is 1.44 bits per heavy atom. The number of fused-ring (bicyclic) bond motifs is 3. The van der Waals surface area contributed by atoms with Gasteiger partial charge >= 0.3 is 0 Å². The fourth-order valence-corrected chi connectivity index (χ4v) is 4.98. The molecule has 1 amide bonds. The zero-order valence-corrected chi connectivity index (χ0v) is 16.6. The van der Waals surface area contributed by atoms with Gasteiger partial charge in [0.2, 0.25) is 5.91 Å². The third-order valence-corrected chi connectivity index (χ3v) is 6.36. The van der Waals surface area contributed by atoms with Gasteiger partial charge in [-0.1, -0.05) is 6.92 Å². The Balaban J connectivity index is 1.57. The molecule has 1 aliphatic carbocycles. The first-order valence-electron chi connectivity index (χ1n) is 9.21. The van der Waals surface area contributed by atoms with Gasteiger partial charge in [-0.05, 0) is 49.8 Å². The summed E-state index contributed by atoms with van der Waals surface area (Å²) in [5.74, 6) is 2.04. The summed E-state index contributed by atoms with van der Waals surface area (Å²) in [4.78, 5) is 33.7. The minimum atomic E-state index is -0.148. The van der Waals surface area contributed by atoms with Crippen molar-refractivity contribution in [1.29, 1.82) is 0 Å². The molecule has 0 N–H and O–H groups in total. The highest BCUT2D eigenvalue weighted by Crippen LogP contribution is 2.35. The van der Waals surface area contributed by atoms with Crippen LogP contribution in [0, 0.1) is 12.8 Å². The smallest absolute Gasteiger partial charge is 0.262 e. The first kappa shape index (κ1) is 18.0. The van der Waals surface area contributed by atoms with Gasteiger partial charge < -0.3 is 9.32 Å². The highest BCUT2D eigenvalue weighted by molar-refractivity contribution is 7.18. The number of nitrogens with zero attached hydrogens (tertiary/aromatic N) is 3. The van der Waals surface area contributed by atoms with E-state index in [1.54, 1.807) is 23.3 Å². The average molecular weight is 385 g/mol. The van der Waals surface area contributed by atoms with E-state index >= 15 is 0 Å². The lowest BCUT2D eigenvalue weighted by Gasteiger charge is -2.18. The number of furan rings is 1. The van der Waals surface area contributed by atoms with E-state index in [2.05, 4.69) is 11.9 Å². The number of carbonyl (C=O) groups excluding carboxylic acids is 1. The lowest BCUT2D eigenvalue weighted by Crippen LogP contribution is -2.33. The molecule has 0 radical (unpaired) electrons. The molecule has 7 heteroatoms. The fraction of sp³-hybridized carbons (Fsp3) is 0.450. The number of amides is 1. The minimum Gasteiger partial charge on any atom is -0.464 e. The van der Waals surface area contributed by atoms with E-state index in [1.807, 2.05) is 19.1 Å². The van der Waals surface area contributed by atoms with E-state index in [0.717, 1.165) is 41.2 Å². The molecule has 6 nitrogen and oxygen atoms in total. The van der Waals surface area contributed by atoms with Gasteiger partial charge in [-0.15, -0.1) is 11.3 Å². The molecule has 1 atom stereocenters. The summed E-state index contributed by atoms with van der Waals surface area (Å²) in [6.07, 6.45) is 4.53. The first-order valence-corrected chi connectivity index (χ1v) is 10.0. The molecule has 1 aliphatic rings. The third-order valence-electron chi connectivity index (χ3n) is 5.20. The summed E-state index contributed by atoms with van der Waals surface area (Å²) in [6, 6.07) is 3.73. The van der Waals surface area contributed by atoms with E-state index in [0.29, 0.717) is 17.8 Å². The van der Waals surface area contributed by atoms with E-state index in [-0.39, 0.29) is 18.0 Å². The van der Waals surface area contributed by atoms with Crippen molar-refractivity contribution in [2.24, 2.45) is 5.92 Å². The van der Waals surface area contributed by atoms with Gasteiger partial charge in [-0.25, -0.2) is 4.98 Å². The number of aromatic nitrogens is 2. The molecule has 142 valence electrons. The van der Waals surface area contributed by atoms with Crippen molar-refractivity contribution in [2.75, 3.05) is 7.05 Å². The summed E-state index contributed by atoms with van der Waals surface area (Å²) in [5, 5.41) is 0.710. The summed E-state index contributed by atoms with van der Waals surface area (Å²) < 4.78 is 6.95. The van der Waals surface area contributed by atoms with Crippen LogP contribution in [0.25, 0.3) is 10.2 Å². The largest absolute Gasteiger partial charge is 0.464 e. The number of likely N-dealkylation sites (N-methyl/N-ethyl adjacent to an activating group) is 1. The maximum Gasteiger partial charge on any atom is 0.262 e. The maximum atomic E-state index is 13.0.